The Kier molecular flexibility index (Phi) is 3.50. The van der Waals surface area contributed by atoms with Crippen LogP contribution in [0.15, 0.2) is 34.9 Å². The van der Waals surface area contributed by atoms with Crippen LogP contribution in [0.25, 0.3) is 21.9 Å². The number of hydrogen-bond acceptors (Lipinski definition) is 4. The van der Waals surface area contributed by atoms with E-state index in [0.29, 0.717) is 31.0 Å². The van der Waals surface area contributed by atoms with Crippen molar-refractivity contribution in [2.45, 2.75) is 0 Å². The van der Waals surface area contributed by atoms with Gasteiger partial charge in [0.2, 0.25) is 0 Å². The van der Waals surface area contributed by atoms with Crippen LogP contribution in [-0.2, 0) is 0 Å². The van der Waals surface area contributed by atoms with Gasteiger partial charge in [-0.3, -0.25) is 0 Å². The van der Waals surface area contributed by atoms with Crippen molar-refractivity contribution in [1.29, 1.82) is 0 Å². The number of benzene rings is 1. The maximum Gasteiger partial charge on any atom is 0.185 e. The third kappa shape index (κ3) is 2.62. The smallest absolute Gasteiger partial charge is 0.185 e. The normalized spacial score (nSPS) is 10.9. The largest absolute Gasteiger partial charge is 0.355 e. The fraction of sp³-hybridized carbons (Fsp3) is 0. The van der Waals surface area contributed by atoms with E-state index in [9.17, 15) is 0 Å². The first kappa shape index (κ1) is 12.9. The van der Waals surface area contributed by atoms with Gasteiger partial charge in [-0.1, -0.05) is 63.4 Å². The Morgan fingerprint density at radius 2 is 1.79 bits per heavy atom. The minimum Gasteiger partial charge on any atom is -0.355 e. The van der Waals surface area contributed by atoms with Crippen LogP contribution in [0.3, 0.4) is 0 Å². The van der Waals surface area contributed by atoms with Gasteiger partial charge in [0.15, 0.2) is 15.4 Å². The van der Waals surface area contributed by atoms with E-state index in [4.69, 9.17) is 39.3 Å². The third-order valence-corrected chi connectivity index (χ3v) is 4.25. The molecule has 0 N–H and O–H groups in total. The Morgan fingerprint density at radius 3 is 2.42 bits per heavy atom. The number of hydrogen-bond donors (Lipinski definition) is 0. The van der Waals surface area contributed by atoms with Crippen molar-refractivity contribution in [2.24, 2.45) is 0 Å². The third-order valence-electron chi connectivity index (χ3n) is 2.43. The molecule has 0 saturated heterocycles. The molecule has 0 saturated carbocycles. The molecule has 3 aromatic rings. The molecule has 0 radical (unpaired) electrons. The molecule has 7 heteroatoms. The molecular formula is C12H5Cl3N2OS. The molecule has 3 nitrogen and oxygen atoms in total. The molecular weight excluding hydrogens is 327 g/mol. The van der Waals surface area contributed by atoms with Gasteiger partial charge in [0.25, 0.3) is 0 Å². The van der Waals surface area contributed by atoms with Crippen molar-refractivity contribution in [2.75, 3.05) is 0 Å². The van der Waals surface area contributed by atoms with E-state index in [1.54, 1.807) is 18.2 Å². The van der Waals surface area contributed by atoms with Crippen LogP contribution in [0.2, 0.25) is 14.6 Å². The maximum atomic E-state index is 5.97. The van der Waals surface area contributed by atoms with E-state index < -0.39 is 0 Å². The van der Waals surface area contributed by atoms with Gasteiger partial charge in [-0.2, -0.15) is 0 Å². The number of nitrogens with zero attached hydrogens (tertiary/aromatic N) is 2. The Hall–Kier alpha value is -1.07. The Bertz CT molecular complexity index is 721. The van der Waals surface area contributed by atoms with Crippen LogP contribution in [0.1, 0.15) is 0 Å². The highest BCUT2D eigenvalue weighted by Crippen LogP contribution is 2.37. The summed E-state index contributed by atoms with van der Waals surface area (Å²) in [6.07, 6.45) is 0. The predicted octanol–water partition coefficient (Wildman–Crippen LogP) is 5.43. The van der Waals surface area contributed by atoms with Crippen LogP contribution in [0.5, 0.6) is 0 Å². The highest BCUT2D eigenvalue weighted by atomic mass is 35.5. The zero-order valence-corrected chi connectivity index (χ0v) is 12.3. The standard InChI is InChI=1S/C12H5Cl3N2OS/c13-7-3-1-6(2-4-7)8-5-9(18-17-8)10-11(14)16-12(15)19-10/h1-5H. The molecule has 0 unspecified atom stereocenters. The summed E-state index contributed by atoms with van der Waals surface area (Å²) in [7, 11) is 0. The zero-order valence-electron chi connectivity index (χ0n) is 9.23. The van der Waals surface area contributed by atoms with Crippen LogP contribution < -0.4 is 0 Å². The molecule has 0 atom stereocenters. The number of halogens is 3. The van der Waals surface area contributed by atoms with Crippen LogP contribution in [0, 0.1) is 0 Å². The van der Waals surface area contributed by atoms with Crippen molar-refractivity contribution in [3.63, 3.8) is 0 Å². The van der Waals surface area contributed by atoms with E-state index in [0.717, 1.165) is 5.56 Å². The van der Waals surface area contributed by atoms with Gasteiger partial charge in [-0.05, 0) is 12.1 Å². The molecule has 96 valence electrons. The van der Waals surface area contributed by atoms with Crippen molar-refractivity contribution in [1.82, 2.24) is 10.1 Å². The monoisotopic (exact) mass is 330 g/mol. The van der Waals surface area contributed by atoms with Gasteiger partial charge in [0.1, 0.15) is 10.6 Å². The lowest BCUT2D eigenvalue weighted by Gasteiger charge is -1.94. The average molecular weight is 332 g/mol. The molecule has 0 aliphatic heterocycles. The quantitative estimate of drug-likeness (QED) is 0.629. The molecule has 2 heterocycles. The molecule has 3 rings (SSSR count). The summed E-state index contributed by atoms with van der Waals surface area (Å²) in [6.45, 7) is 0. The summed E-state index contributed by atoms with van der Waals surface area (Å²) in [6, 6.07) is 9.11. The van der Waals surface area contributed by atoms with Crippen LogP contribution in [0.4, 0.5) is 0 Å². The SMILES string of the molecule is Clc1ccc(-c2cc(-c3sc(Cl)nc3Cl)on2)cc1. The molecule has 0 bridgehead atoms. The Labute approximate surface area is 127 Å². The summed E-state index contributed by atoms with van der Waals surface area (Å²) in [5.41, 5.74) is 1.61. The highest BCUT2D eigenvalue weighted by molar-refractivity contribution is 7.19. The predicted molar refractivity (Wildman–Crippen MR) is 78.1 cm³/mol. The second-order valence-electron chi connectivity index (χ2n) is 3.67. The number of thiazole rings is 1. The van der Waals surface area contributed by atoms with Gasteiger partial charge in [-0.15, -0.1) is 0 Å². The van der Waals surface area contributed by atoms with Crippen molar-refractivity contribution in [3.05, 3.63) is 45.0 Å². The Balaban J connectivity index is 1.99. The molecule has 19 heavy (non-hydrogen) atoms. The first-order chi connectivity index (χ1) is 9.13. The minimum absolute atomic E-state index is 0.314. The lowest BCUT2D eigenvalue weighted by Crippen LogP contribution is -1.75. The molecule has 1 aromatic carbocycles. The van der Waals surface area contributed by atoms with E-state index in [1.807, 2.05) is 12.1 Å². The fourth-order valence-electron chi connectivity index (χ4n) is 1.57. The van der Waals surface area contributed by atoms with E-state index in [1.165, 1.54) is 11.3 Å². The maximum absolute atomic E-state index is 5.97. The van der Waals surface area contributed by atoms with E-state index in [-0.39, 0.29) is 0 Å². The lowest BCUT2D eigenvalue weighted by atomic mass is 10.1. The number of aromatic nitrogens is 2. The lowest BCUT2D eigenvalue weighted by molar-refractivity contribution is 0.436. The molecule has 0 spiro atoms. The number of rotatable bonds is 2. The molecule has 0 amide bonds. The molecule has 0 aliphatic rings. The second-order valence-corrected chi connectivity index (χ2v) is 6.05. The summed E-state index contributed by atoms with van der Waals surface area (Å²) in [5, 5.41) is 4.99. The fourth-order valence-corrected chi connectivity index (χ4v) is 3.03. The first-order valence-electron chi connectivity index (χ1n) is 5.18. The zero-order chi connectivity index (χ0) is 13.4. The van der Waals surface area contributed by atoms with E-state index >= 15 is 0 Å². The Morgan fingerprint density at radius 1 is 1.05 bits per heavy atom. The second kappa shape index (κ2) is 5.13. The summed E-state index contributed by atoms with van der Waals surface area (Å²) < 4.78 is 5.64. The van der Waals surface area contributed by atoms with Gasteiger partial charge < -0.3 is 4.52 Å². The van der Waals surface area contributed by atoms with Gasteiger partial charge in [0.05, 0.1) is 0 Å². The van der Waals surface area contributed by atoms with Gasteiger partial charge in [-0.25, -0.2) is 4.98 Å². The van der Waals surface area contributed by atoms with Gasteiger partial charge in [0, 0.05) is 16.7 Å². The van der Waals surface area contributed by atoms with Crippen molar-refractivity contribution >= 4 is 46.1 Å². The summed E-state index contributed by atoms with van der Waals surface area (Å²) in [5.74, 6) is 0.541. The van der Waals surface area contributed by atoms with E-state index in [2.05, 4.69) is 10.1 Å². The average Bonchev–Trinajstić information content (AvgIpc) is 2.97. The molecule has 0 aliphatic carbocycles. The highest BCUT2D eigenvalue weighted by Gasteiger charge is 2.16. The first-order valence-corrected chi connectivity index (χ1v) is 7.13. The van der Waals surface area contributed by atoms with Crippen LogP contribution in [-0.4, -0.2) is 10.1 Å². The summed E-state index contributed by atoms with van der Waals surface area (Å²) >= 11 is 18.9. The van der Waals surface area contributed by atoms with Crippen molar-refractivity contribution in [3.8, 4) is 21.9 Å². The van der Waals surface area contributed by atoms with Crippen molar-refractivity contribution < 1.29 is 4.52 Å². The van der Waals surface area contributed by atoms with Gasteiger partial charge >= 0.3 is 0 Å². The van der Waals surface area contributed by atoms with Crippen LogP contribution >= 0.6 is 46.1 Å². The molecule has 2 aromatic heterocycles. The minimum atomic E-state index is 0.314. The topological polar surface area (TPSA) is 38.9 Å². The summed E-state index contributed by atoms with van der Waals surface area (Å²) in [4.78, 5) is 4.59. The molecule has 0 fully saturated rings.